The number of nitrogens with zero attached hydrogens (tertiary/aromatic N) is 2. The normalized spacial score (nSPS) is 20.6. The van der Waals surface area contributed by atoms with Crippen LogP contribution in [0.15, 0.2) is 28.8 Å². The molecule has 1 aliphatic rings. The van der Waals surface area contributed by atoms with E-state index in [9.17, 15) is 4.79 Å². The maximum absolute atomic E-state index is 12.2. The lowest BCUT2D eigenvalue weighted by atomic mass is 10.1. The standard InChI is InChI=1S/C20H28ClN5O2/c1-20(2,3)23-17(27)13-25-9-4-10-26(12-11-25)14-18-22-19(24-28-18)15-5-7-16(21)8-6-15/h5-8H,4,9-14H2,1-3H3,(H,23,27)/p+2. The number of carbonyl (C=O) groups excluding carboxylic acids is 1. The molecule has 0 radical (unpaired) electrons. The van der Waals surface area contributed by atoms with Gasteiger partial charge in [-0.15, -0.1) is 0 Å². The molecule has 2 aromatic rings. The van der Waals surface area contributed by atoms with Crippen LogP contribution in [-0.2, 0) is 11.3 Å². The zero-order valence-corrected chi connectivity index (χ0v) is 17.6. The van der Waals surface area contributed by atoms with E-state index in [4.69, 9.17) is 16.1 Å². The number of aromatic nitrogens is 2. The van der Waals surface area contributed by atoms with E-state index in [0.29, 0.717) is 29.8 Å². The van der Waals surface area contributed by atoms with E-state index in [1.807, 2.05) is 45.0 Å². The van der Waals surface area contributed by atoms with Crippen molar-refractivity contribution in [1.29, 1.82) is 0 Å². The third kappa shape index (κ3) is 6.29. The molecule has 7 nitrogen and oxygen atoms in total. The topological polar surface area (TPSA) is 76.9 Å². The Morgan fingerprint density at radius 3 is 2.54 bits per heavy atom. The van der Waals surface area contributed by atoms with Crippen LogP contribution in [0.2, 0.25) is 5.02 Å². The van der Waals surface area contributed by atoms with E-state index in [0.717, 1.165) is 38.2 Å². The second-order valence-corrected chi connectivity index (χ2v) is 8.96. The molecular weight excluding hydrogens is 378 g/mol. The van der Waals surface area contributed by atoms with Gasteiger partial charge < -0.3 is 19.6 Å². The highest BCUT2D eigenvalue weighted by atomic mass is 35.5. The number of nitrogens with one attached hydrogen (secondary N) is 3. The lowest BCUT2D eigenvalue weighted by molar-refractivity contribution is -0.943. The van der Waals surface area contributed by atoms with Crippen LogP contribution in [0.3, 0.4) is 0 Å². The third-order valence-corrected chi connectivity index (χ3v) is 5.04. The van der Waals surface area contributed by atoms with Crippen LogP contribution in [0.5, 0.6) is 0 Å². The monoisotopic (exact) mass is 407 g/mol. The predicted molar refractivity (Wildman–Crippen MR) is 107 cm³/mol. The number of benzene rings is 1. The van der Waals surface area contributed by atoms with E-state index < -0.39 is 0 Å². The second kappa shape index (κ2) is 9.03. The molecule has 0 saturated carbocycles. The summed E-state index contributed by atoms with van der Waals surface area (Å²) in [5.74, 6) is 1.36. The SMILES string of the molecule is CC(C)(C)NC(=O)C[NH+]1CCC[NH+](Cc2nc(-c3ccc(Cl)cc3)no2)CC1. The molecule has 0 bridgehead atoms. The zero-order chi connectivity index (χ0) is 20.1. The van der Waals surface area contributed by atoms with Gasteiger partial charge in [0.2, 0.25) is 5.82 Å². The summed E-state index contributed by atoms with van der Waals surface area (Å²) in [5, 5.41) is 7.83. The number of rotatable bonds is 5. The van der Waals surface area contributed by atoms with Gasteiger partial charge in [0, 0.05) is 22.5 Å². The molecule has 1 aliphatic heterocycles. The summed E-state index contributed by atoms with van der Waals surface area (Å²) < 4.78 is 5.45. The van der Waals surface area contributed by atoms with Gasteiger partial charge in [-0.3, -0.25) is 4.79 Å². The molecular formula is C20H30ClN5O2+2. The first-order valence-corrected chi connectivity index (χ1v) is 10.2. The summed E-state index contributed by atoms with van der Waals surface area (Å²) in [4.78, 5) is 19.5. The maximum atomic E-state index is 12.2. The first-order valence-electron chi connectivity index (χ1n) is 9.85. The van der Waals surface area contributed by atoms with Crippen LogP contribution in [0.25, 0.3) is 11.4 Å². The van der Waals surface area contributed by atoms with Crippen LogP contribution in [0, 0.1) is 0 Å². The fraction of sp³-hybridized carbons (Fsp3) is 0.550. The van der Waals surface area contributed by atoms with Gasteiger partial charge in [0.25, 0.3) is 11.8 Å². The lowest BCUT2D eigenvalue weighted by Crippen LogP contribution is -3.17. The Kier molecular flexibility index (Phi) is 6.69. The smallest absolute Gasteiger partial charge is 0.282 e. The first kappa shape index (κ1) is 20.8. The van der Waals surface area contributed by atoms with Crippen LogP contribution < -0.4 is 15.1 Å². The Bertz CT molecular complexity index is 785. The zero-order valence-electron chi connectivity index (χ0n) is 16.8. The van der Waals surface area contributed by atoms with Crippen molar-refractivity contribution in [1.82, 2.24) is 15.5 Å². The fourth-order valence-electron chi connectivity index (χ4n) is 3.49. The first-order chi connectivity index (χ1) is 13.3. The van der Waals surface area contributed by atoms with Gasteiger partial charge in [-0.25, -0.2) is 0 Å². The average Bonchev–Trinajstić information content (AvgIpc) is 2.95. The van der Waals surface area contributed by atoms with Gasteiger partial charge in [0.15, 0.2) is 13.1 Å². The molecule has 1 fully saturated rings. The van der Waals surface area contributed by atoms with Crippen molar-refractivity contribution in [3.05, 3.63) is 35.2 Å². The summed E-state index contributed by atoms with van der Waals surface area (Å²) in [5.41, 5.74) is 0.713. The van der Waals surface area contributed by atoms with E-state index in [1.54, 1.807) is 0 Å². The summed E-state index contributed by atoms with van der Waals surface area (Å²) in [6.07, 6.45) is 1.08. The highest BCUT2D eigenvalue weighted by Gasteiger charge is 2.25. The van der Waals surface area contributed by atoms with Crippen molar-refractivity contribution >= 4 is 17.5 Å². The van der Waals surface area contributed by atoms with E-state index >= 15 is 0 Å². The average molecular weight is 408 g/mol. The van der Waals surface area contributed by atoms with Gasteiger partial charge in [0.05, 0.1) is 13.1 Å². The van der Waals surface area contributed by atoms with Crippen LogP contribution in [0.4, 0.5) is 0 Å². The molecule has 1 saturated heterocycles. The Morgan fingerprint density at radius 2 is 1.82 bits per heavy atom. The second-order valence-electron chi connectivity index (χ2n) is 8.52. The van der Waals surface area contributed by atoms with Crippen LogP contribution in [0.1, 0.15) is 33.1 Å². The predicted octanol–water partition coefficient (Wildman–Crippen LogP) is -0.0218. The summed E-state index contributed by atoms with van der Waals surface area (Å²) in [6.45, 7) is 11.3. The molecule has 1 aromatic carbocycles. The Hall–Kier alpha value is -1.96. The van der Waals surface area contributed by atoms with E-state index in [1.165, 1.54) is 9.80 Å². The summed E-state index contributed by atoms with van der Waals surface area (Å²) in [6, 6.07) is 7.42. The van der Waals surface area contributed by atoms with Crippen molar-refractivity contribution in [2.75, 3.05) is 32.7 Å². The van der Waals surface area contributed by atoms with Gasteiger partial charge in [-0.1, -0.05) is 16.8 Å². The highest BCUT2D eigenvalue weighted by Crippen LogP contribution is 2.18. The Labute approximate surface area is 171 Å². The maximum Gasteiger partial charge on any atom is 0.282 e. The molecule has 28 heavy (non-hydrogen) atoms. The van der Waals surface area contributed by atoms with Crippen molar-refractivity contribution in [2.24, 2.45) is 0 Å². The fourth-order valence-corrected chi connectivity index (χ4v) is 3.62. The van der Waals surface area contributed by atoms with Gasteiger partial charge >= 0.3 is 0 Å². The Balaban J connectivity index is 1.51. The molecule has 152 valence electrons. The minimum atomic E-state index is -0.181. The molecule has 3 rings (SSSR count). The largest absolute Gasteiger partial charge is 0.347 e. The number of hydrogen-bond acceptors (Lipinski definition) is 4. The van der Waals surface area contributed by atoms with Crippen molar-refractivity contribution < 1.29 is 19.1 Å². The molecule has 2 heterocycles. The Morgan fingerprint density at radius 1 is 1.14 bits per heavy atom. The minimum Gasteiger partial charge on any atom is -0.347 e. The number of amides is 1. The van der Waals surface area contributed by atoms with Gasteiger partial charge in [-0.05, 0) is 45.0 Å². The minimum absolute atomic E-state index is 0.121. The molecule has 1 amide bonds. The van der Waals surface area contributed by atoms with E-state index in [2.05, 4.69) is 15.5 Å². The lowest BCUT2D eigenvalue weighted by Gasteiger charge is -2.22. The number of halogens is 1. The van der Waals surface area contributed by atoms with Crippen molar-refractivity contribution in [3.63, 3.8) is 0 Å². The quantitative estimate of drug-likeness (QED) is 0.651. The highest BCUT2D eigenvalue weighted by molar-refractivity contribution is 6.30. The van der Waals surface area contributed by atoms with Gasteiger partial charge in [0.1, 0.15) is 13.1 Å². The molecule has 8 heteroatoms. The van der Waals surface area contributed by atoms with Crippen molar-refractivity contribution in [2.45, 2.75) is 39.3 Å². The van der Waals surface area contributed by atoms with Gasteiger partial charge in [-0.2, -0.15) is 4.98 Å². The molecule has 0 aliphatic carbocycles. The number of quaternary nitrogens is 2. The number of hydrogen-bond donors (Lipinski definition) is 3. The molecule has 3 N–H and O–H groups in total. The van der Waals surface area contributed by atoms with Crippen molar-refractivity contribution in [3.8, 4) is 11.4 Å². The number of carbonyl (C=O) groups is 1. The summed E-state index contributed by atoms with van der Waals surface area (Å²) in [7, 11) is 0. The van der Waals surface area contributed by atoms with Crippen LogP contribution >= 0.6 is 11.6 Å². The molecule has 1 aromatic heterocycles. The molecule has 2 unspecified atom stereocenters. The van der Waals surface area contributed by atoms with E-state index in [-0.39, 0.29) is 11.4 Å². The molecule has 0 spiro atoms. The molecule has 2 atom stereocenters. The van der Waals surface area contributed by atoms with Crippen LogP contribution in [-0.4, -0.2) is 54.3 Å². The third-order valence-electron chi connectivity index (χ3n) is 4.79. The summed E-state index contributed by atoms with van der Waals surface area (Å²) >= 11 is 5.93.